The number of aromatic nitrogens is 1. The quantitative estimate of drug-likeness (QED) is 0.805. The van der Waals surface area contributed by atoms with Crippen LogP contribution in [0.25, 0.3) is 15.8 Å². The van der Waals surface area contributed by atoms with Gasteiger partial charge in [0.05, 0.1) is 20.9 Å². The molecule has 4 heterocycles. The van der Waals surface area contributed by atoms with E-state index in [1.807, 2.05) is 49.6 Å². The van der Waals surface area contributed by atoms with Crippen LogP contribution in [0.4, 0.5) is 0 Å². The van der Waals surface area contributed by atoms with Gasteiger partial charge in [-0.1, -0.05) is 18.2 Å². The van der Waals surface area contributed by atoms with Crippen molar-refractivity contribution in [2.75, 3.05) is 19.6 Å². The van der Waals surface area contributed by atoms with E-state index in [4.69, 9.17) is 0 Å². The Morgan fingerprint density at radius 1 is 1.20 bits per heavy atom. The monoisotopic (exact) mass is 416 g/mol. The zero-order valence-corrected chi connectivity index (χ0v) is 17.9. The molecule has 0 unspecified atom stereocenters. The van der Waals surface area contributed by atoms with Gasteiger partial charge in [-0.3, -0.25) is 9.69 Å². The van der Waals surface area contributed by atoms with Crippen molar-refractivity contribution < 1.29 is 4.79 Å². The summed E-state index contributed by atoms with van der Waals surface area (Å²) in [6.07, 6.45) is 13.8. The summed E-state index contributed by atoms with van der Waals surface area (Å²) >= 11 is 1.68. The summed E-state index contributed by atoms with van der Waals surface area (Å²) in [5.74, 6) is -0.0359. The van der Waals surface area contributed by atoms with Crippen LogP contribution in [0.2, 0.25) is 0 Å². The maximum atomic E-state index is 13.2. The number of allylic oxidation sites excluding steroid dienone is 6. The molecule has 5 nitrogen and oxygen atoms in total. The number of nitrogens with zero attached hydrogens (tertiary/aromatic N) is 3. The van der Waals surface area contributed by atoms with Gasteiger partial charge >= 0.3 is 0 Å². The normalized spacial score (nSPS) is 23.5. The third-order valence-corrected chi connectivity index (χ3v) is 6.52. The first-order chi connectivity index (χ1) is 14.6. The number of hydrogen-bond donors (Lipinski definition) is 1. The van der Waals surface area contributed by atoms with E-state index < -0.39 is 0 Å². The van der Waals surface area contributed by atoms with E-state index in [1.54, 1.807) is 22.3 Å². The number of amides is 1. The molecule has 0 spiro atoms. The molecule has 3 aliphatic rings. The molecule has 0 bridgehead atoms. The SMILES string of the molecule is Cc1nc2ccc(C3=CC(=O)N4C=C(N5CCN[C@@H](C)C5)C=C/C4=C\C=C3)cc2s1. The zero-order valence-electron chi connectivity index (χ0n) is 17.1. The van der Waals surface area contributed by atoms with E-state index in [-0.39, 0.29) is 5.91 Å². The topological polar surface area (TPSA) is 48.5 Å². The second-order valence-corrected chi connectivity index (χ2v) is 9.10. The number of aryl methyl sites for hydroxylation is 1. The number of piperazine rings is 1. The van der Waals surface area contributed by atoms with E-state index in [9.17, 15) is 4.79 Å². The maximum absolute atomic E-state index is 13.2. The first kappa shape index (κ1) is 19.0. The second kappa shape index (κ2) is 7.70. The summed E-state index contributed by atoms with van der Waals surface area (Å²) < 4.78 is 1.14. The Hall–Kier alpha value is -2.96. The minimum absolute atomic E-state index is 0.0359. The predicted octanol–water partition coefficient (Wildman–Crippen LogP) is 3.98. The highest BCUT2D eigenvalue weighted by Gasteiger charge is 2.23. The maximum Gasteiger partial charge on any atom is 0.255 e. The third-order valence-electron chi connectivity index (χ3n) is 5.59. The van der Waals surface area contributed by atoms with Crippen LogP contribution in [0.5, 0.6) is 0 Å². The van der Waals surface area contributed by atoms with Gasteiger partial charge in [0.2, 0.25) is 0 Å². The van der Waals surface area contributed by atoms with E-state index in [2.05, 4.69) is 34.3 Å². The van der Waals surface area contributed by atoms with Gasteiger partial charge in [-0.2, -0.15) is 0 Å². The molecule has 3 aliphatic heterocycles. The summed E-state index contributed by atoms with van der Waals surface area (Å²) in [5, 5.41) is 4.51. The van der Waals surface area contributed by atoms with Crippen LogP contribution >= 0.6 is 11.3 Å². The number of carbonyl (C=O) groups is 1. The second-order valence-electron chi connectivity index (χ2n) is 7.86. The fourth-order valence-electron chi connectivity index (χ4n) is 4.08. The fourth-order valence-corrected chi connectivity index (χ4v) is 4.95. The lowest BCUT2D eigenvalue weighted by Crippen LogP contribution is -2.48. The molecule has 1 N–H and O–H groups in total. The van der Waals surface area contributed by atoms with Crippen LogP contribution in [0.3, 0.4) is 0 Å². The molecule has 5 rings (SSSR count). The van der Waals surface area contributed by atoms with Crippen LogP contribution in [0.1, 0.15) is 17.5 Å². The summed E-state index contributed by atoms with van der Waals surface area (Å²) in [4.78, 5) is 21.8. The standard InChI is InChI=1S/C24H24N4OS/c1-16-14-27(11-10-25-16)21-8-7-20-5-3-4-18(13-24(29)28(20)15-21)19-6-9-22-23(12-19)30-17(2)26-22/h3-9,12-13,15-16,25H,10-11,14H2,1-2H3/b4-3?,18-13?,20-5+/t16-/m0/s1. The van der Waals surface area contributed by atoms with Gasteiger partial charge in [-0.25, -0.2) is 4.98 Å². The van der Waals surface area contributed by atoms with Gasteiger partial charge in [0.15, 0.2) is 0 Å². The minimum Gasteiger partial charge on any atom is -0.368 e. The van der Waals surface area contributed by atoms with Crippen molar-refractivity contribution in [3.05, 3.63) is 82.8 Å². The number of fused-ring (bicyclic) bond motifs is 2. The predicted molar refractivity (Wildman–Crippen MR) is 123 cm³/mol. The molecule has 0 saturated carbocycles. The fraction of sp³-hybridized carbons (Fsp3) is 0.250. The van der Waals surface area contributed by atoms with Crippen LogP contribution in [-0.2, 0) is 4.79 Å². The van der Waals surface area contributed by atoms with E-state index in [0.717, 1.165) is 57.4 Å². The number of carbonyl (C=O) groups excluding carboxylic acids is 1. The Morgan fingerprint density at radius 3 is 2.93 bits per heavy atom. The lowest BCUT2D eigenvalue weighted by molar-refractivity contribution is -0.122. The molecule has 6 heteroatoms. The summed E-state index contributed by atoms with van der Waals surface area (Å²) in [7, 11) is 0. The van der Waals surface area contributed by atoms with Crippen molar-refractivity contribution >= 4 is 33.0 Å². The van der Waals surface area contributed by atoms with Gasteiger partial charge in [-0.05, 0) is 55.3 Å². The summed E-state index contributed by atoms with van der Waals surface area (Å²) in [6.45, 7) is 7.04. The molecule has 1 amide bonds. The number of nitrogens with one attached hydrogen (secondary N) is 1. The van der Waals surface area contributed by atoms with Gasteiger partial charge in [0.1, 0.15) is 0 Å². The average Bonchev–Trinajstić information content (AvgIpc) is 3.11. The Morgan fingerprint density at radius 2 is 2.07 bits per heavy atom. The minimum atomic E-state index is -0.0359. The smallest absolute Gasteiger partial charge is 0.255 e. The van der Waals surface area contributed by atoms with Gasteiger partial charge in [0, 0.05) is 43.6 Å². The molecule has 2 aromatic rings. The molecular formula is C24H24N4OS. The van der Waals surface area contributed by atoms with Crippen LogP contribution < -0.4 is 5.32 Å². The van der Waals surface area contributed by atoms with E-state index in [0.29, 0.717) is 6.04 Å². The highest BCUT2D eigenvalue weighted by molar-refractivity contribution is 7.18. The van der Waals surface area contributed by atoms with Gasteiger partial charge < -0.3 is 10.2 Å². The van der Waals surface area contributed by atoms with Gasteiger partial charge in [0.25, 0.3) is 5.91 Å². The van der Waals surface area contributed by atoms with Crippen molar-refractivity contribution in [3.8, 4) is 0 Å². The molecule has 1 saturated heterocycles. The van der Waals surface area contributed by atoms with Crippen molar-refractivity contribution in [3.63, 3.8) is 0 Å². The van der Waals surface area contributed by atoms with Crippen LogP contribution in [-0.4, -0.2) is 46.4 Å². The highest BCUT2D eigenvalue weighted by atomic mass is 32.1. The Kier molecular flexibility index (Phi) is 4.89. The summed E-state index contributed by atoms with van der Waals surface area (Å²) in [5.41, 5.74) is 4.90. The molecule has 1 atom stereocenters. The lowest BCUT2D eigenvalue weighted by Gasteiger charge is -2.36. The first-order valence-corrected chi connectivity index (χ1v) is 11.1. The Balaban J connectivity index is 1.47. The first-order valence-electron chi connectivity index (χ1n) is 10.3. The van der Waals surface area contributed by atoms with Crippen LogP contribution in [0, 0.1) is 6.92 Å². The number of benzene rings is 1. The zero-order chi connectivity index (χ0) is 20.7. The molecule has 1 fully saturated rings. The van der Waals surface area contributed by atoms with Crippen molar-refractivity contribution in [2.24, 2.45) is 0 Å². The molecule has 0 radical (unpaired) electrons. The van der Waals surface area contributed by atoms with E-state index >= 15 is 0 Å². The lowest BCUT2D eigenvalue weighted by atomic mass is 10.0. The summed E-state index contributed by atoms with van der Waals surface area (Å²) in [6, 6.07) is 6.62. The molecule has 1 aromatic carbocycles. The molecule has 1 aromatic heterocycles. The Bertz CT molecular complexity index is 1170. The molecule has 152 valence electrons. The molecular weight excluding hydrogens is 392 g/mol. The van der Waals surface area contributed by atoms with E-state index in [1.165, 1.54) is 0 Å². The number of thiazole rings is 1. The highest BCUT2D eigenvalue weighted by Crippen LogP contribution is 2.29. The van der Waals surface area contributed by atoms with Gasteiger partial charge in [-0.15, -0.1) is 11.3 Å². The van der Waals surface area contributed by atoms with Crippen molar-refractivity contribution in [1.29, 1.82) is 0 Å². The average molecular weight is 417 g/mol. The van der Waals surface area contributed by atoms with Crippen molar-refractivity contribution in [2.45, 2.75) is 19.9 Å². The number of rotatable bonds is 2. The van der Waals surface area contributed by atoms with Crippen LogP contribution in [0.15, 0.2) is 72.2 Å². The third kappa shape index (κ3) is 3.64. The number of hydrogen-bond acceptors (Lipinski definition) is 5. The Labute approximate surface area is 180 Å². The molecule has 0 aliphatic carbocycles. The molecule has 30 heavy (non-hydrogen) atoms. The largest absolute Gasteiger partial charge is 0.368 e. The van der Waals surface area contributed by atoms with Crippen molar-refractivity contribution in [1.82, 2.24) is 20.1 Å².